The number of ether oxygens (including phenoxy) is 1. The van der Waals surface area contributed by atoms with Crippen molar-refractivity contribution in [2.45, 2.75) is 43.9 Å². The zero-order valence-corrected chi connectivity index (χ0v) is 13.4. The topological polar surface area (TPSA) is 55.6 Å². The van der Waals surface area contributed by atoms with Gasteiger partial charge in [0.1, 0.15) is 0 Å². The number of rotatable bonds is 3. The van der Waals surface area contributed by atoms with Crippen LogP contribution in [0.4, 0.5) is 0 Å². The van der Waals surface area contributed by atoms with Crippen LogP contribution in [-0.4, -0.2) is 52.8 Å². The van der Waals surface area contributed by atoms with Gasteiger partial charge < -0.3 is 14.2 Å². The van der Waals surface area contributed by atoms with E-state index in [-0.39, 0.29) is 11.9 Å². The van der Waals surface area contributed by atoms with Crippen molar-refractivity contribution in [2.24, 2.45) is 0 Å². The van der Waals surface area contributed by atoms with E-state index in [1.54, 1.807) is 0 Å². The molecule has 3 heterocycles. The average molecular weight is 310 g/mol. The number of hydrogen-bond acceptors (Lipinski definition) is 5. The molecule has 0 aliphatic carbocycles. The summed E-state index contributed by atoms with van der Waals surface area (Å²) in [6.07, 6.45) is 1.90. The molecule has 0 bridgehead atoms. The first-order valence-electron chi connectivity index (χ1n) is 7.67. The Bertz CT molecular complexity index is 503. The normalized spacial score (nSPS) is 27.2. The standard InChI is InChI=1S/C15H22N2O3S/c1-3-10(2)11-8-13(20-16-11)15(18)17-5-7-21-14-9-19-6-4-12(14)17/h8,10,12,14H,3-7,9H2,1-2H3/t10-,12-,14-/m0/s1. The second-order valence-corrected chi connectivity index (χ2v) is 7.11. The second kappa shape index (κ2) is 6.40. The minimum absolute atomic E-state index is 0.0192. The summed E-state index contributed by atoms with van der Waals surface area (Å²) in [5, 5.41) is 4.45. The van der Waals surface area contributed by atoms with Gasteiger partial charge in [-0.05, 0) is 12.8 Å². The van der Waals surface area contributed by atoms with Gasteiger partial charge in [-0.1, -0.05) is 19.0 Å². The zero-order valence-electron chi connectivity index (χ0n) is 12.6. The summed E-state index contributed by atoms with van der Waals surface area (Å²) in [4.78, 5) is 14.7. The lowest BCUT2D eigenvalue weighted by Gasteiger charge is -2.42. The van der Waals surface area contributed by atoms with Crippen LogP contribution in [0.5, 0.6) is 0 Å². The molecule has 3 atom stereocenters. The third-order valence-electron chi connectivity index (χ3n) is 4.45. The number of carbonyl (C=O) groups is 1. The highest BCUT2D eigenvalue weighted by molar-refractivity contribution is 8.00. The highest BCUT2D eigenvalue weighted by atomic mass is 32.2. The van der Waals surface area contributed by atoms with Crippen molar-refractivity contribution in [1.82, 2.24) is 10.1 Å². The van der Waals surface area contributed by atoms with E-state index >= 15 is 0 Å². The fraction of sp³-hybridized carbons (Fsp3) is 0.733. The van der Waals surface area contributed by atoms with Gasteiger partial charge in [0.2, 0.25) is 5.76 Å². The molecule has 0 saturated carbocycles. The number of fused-ring (bicyclic) bond motifs is 1. The summed E-state index contributed by atoms with van der Waals surface area (Å²) in [6, 6.07) is 2.08. The molecule has 3 rings (SSSR count). The molecular weight excluding hydrogens is 288 g/mol. The molecule has 0 spiro atoms. The van der Waals surface area contributed by atoms with Gasteiger partial charge in [-0.15, -0.1) is 0 Å². The molecule has 21 heavy (non-hydrogen) atoms. The van der Waals surface area contributed by atoms with Crippen molar-refractivity contribution in [2.75, 3.05) is 25.5 Å². The molecule has 2 saturated heterocycles. The Kier molecular flexibility index (Phi) is 4.54. The van der Waals surface area contributed by atoms with E-state index in [4.69, 9.17) is 9.26 Å². The van der Waals surface area contributed by atoms with E-state index in [9.17, 15) is 4.79 Å². The maximum absolute atomic E-state index is 12.7. The highest BCUT2D eigenvalue weighted by Gasteiger charge is 2.38. The van der Waals surface area contributed by atoms with Crippen LogP contribution < -0.4 is 0 Å². The van der Waals surface area contributed by atoms with Crippen molar-refractivity contribution in [1.29, 1.82) is 0 Å². The van der Waals surface area contributed by atoms with Crippen molar-refractivity contribution in [3.8, 4) is 0 Å². The van der Waals surface area contributed by atoms with Crippen molar-refractivity contribution in [3.63, 3.8) is 0 Å². The Morgan fingerprint density at radius 1 is 1.62 bits per heavy atom. The molecule has 0 radical (unpaired) electrons. The van der Waals surface area contributed by atoms with Crippen LogP contribution >= 0.6 is 11.8 Å². The summed E-state index contributed by atoms with van der Waals surface area (Å²) in [5.41, 5.74) is 0.871. The molecule has 2 aliphatic rings. The van der Waals surface area contributed by atoms with Crippen LogP contribution in [0.1, 0.15) is 48.9 Å². The van der Waals surface area contributed by atoms with Crippen molar-refractivity contribution < 1.29 is 14.1 Å². The smallest absolute Gasteiger partial charge is 0.292 e. The molecular formula is C15H22N2O3S. The third-order valence-corrected chi connectivity index (χ3v) is 5.75. The summed E-state index contributed by atoms with van der Waals surface area (Å²) < 4.78 is 10.8. The summed E-state index contributed by atoms with van der Waals surface area (Å²) in [5.74, 6) is 1.64. The van der Waals surface area contributed by atoms with E-state index < -0.39 is 0 Å². The number of nitrogens with zero attached hydrogens (tertiary/aromatic N) is 2. The number of carbonyl (C=O) groups excluding carboxylic acids is 1. The lowest BCUT2D eigenvalue weighted by Crippen LogP contribution is -2.54. The van der Waals surface area contributed by atoms with Crippen LogP contribution in [0.25, 0.3) is 0 Å². The van der Waals surface area contributed by atoms with Crippen LogP contribution in [0, 0.1) is 0 Å². The largest absolute Gasteiger partial charge is 0.380 e. The number of aromatic nitrogens is 1. The van der Waals surface area contributed by atoms with Gasteiger partial charge >= 0.3 is 0 Å². The number of thioether (sulfide) groups is 1. The molecule has 1 aromatic rings. The van der Waals surface area contributed by atoms with Crippen molar-refractivity contribution >= 4 is 17.7 Å². The van der Waals surface area contributed by atoms with Gasteiger partial charge in [0.25, 0.3) is 5.91 Å². The van der Waals surface area contributed by atoms with Crippen LogP contribution in [0.15, 0.2) is 10.6 Å². The monoisotopic (exact) mass is 310 g/mol. The molecule has 0 aromatic carbocycles. The molecule has 5 nitrogen and oxygen atoms in total. The number of hydrogen-bond donors (Lipinski definition) is 0. The molecule has 2 fully saturated rings. The van der Waals surface area contributed by atoms with E-state index in [1.165, 1.54) is 0 Å². The molecule has 116 valence electrons. The van der Waals surface area contributed by atoms with Gasteiger partial charge in [-0.25, -0.2) is 0 Å². The lowest BCUT2D eigenvalue weighted by molar-refractivity contribution is 0.0296. The zero-order chi connectivity index (χ0) is 14.8. The maximum atomic E-state index is 12.7. The molecule has 2 aliphatic heterocycles. The molecule has 1 amide bonds. The molecule has 6 heteroatoms. The van der Waals surface area contributed by atoms with Gasteiger partial charge in [-0.2, -0.15) is 11.8 Å². The molecule has 0 unspecified atom stereocenters. The van der Waals surface area contributed by atoms with Gasteiger partial charge in [-0.3, -0.25) is 4.79 Å². The van der Waals surface area contributed by atoms with Crippen LogP contribution in [0.2, 0.25) is 0 Å². The lowest BCUT2D eigenvalue weighted by atomic mass is 10.0. The Morgan fingerprint density at radius 2 is 2.48 bits per heavy atom. The average Bonchev–Trinajstić information content (AvgIpc) is 3.03. The fourth-order valence-electron chi connectivity index (χ4n) is 2.91. The minimum atomic E-state index is -0.0192. The quantitative estimate of drug-likeness (QED) is 0.858. The first-order valence-corrected chi connectivity index (χ1v) is 8.72. The van der Waals surface area contributed by atoms with Gasteiger partial charge in [0.15, 0.2) is 0 Å². The molecule has 0 N–H and O–H groups in total. The predicted molar refractivity (Wildman–Crippen MR) is 81.7 cm³/mol. The summed E-state index contributed by atoms with van der Waals surface area (Å²) in [6.45, 7) is 6.46. The Labute approximate surface area is 129 Å². The SMILES string of the molecule is CC[C@H](C)c1cc(C(=O)N2CCS[C@H]3COCC[C@@H]32)on1. The van der Waals surface area contributed by atoms with Crippen LogP contribution in [-0.2, 0) is 4.74 Å². The highest BCUT2D eigenvalue weighted by Crippen LogP contribution is 2.31. The van der Waals surface area contributed by atoms with E-state index in [2.05, 4.69) is 19.0 Å². The Morgan fingerprint density at radius 3 is 3.29 bits per heavy atom. The first-order chi connectivity index (χ1) is 10.2. The van der Waals surface area contributed by atoms with E-state index in [1.807, 2.05) is 22.7 Å². The van der Waals surface area contributed by atoms with Gasteiger partial charge in [0, 0.05) is 42.2 Å². The third kappa shape index (κ3) is 2.97. The second-order valence-electron chi connectivity index (χ2n) is 5.76. The van der Waals surface area contributed by atoms with E-state index in [0.29, 0.717) is 16.9 Å². The summed E-state index contributed by atoms with van der Waals surface area (Å²) in [7, 11) is 0. The fourth-order valence-corrected chi connectivity index (χ4v) is 4.21. The molecule has 1 aromatic heterocycles. The first kappa shape index (κ1) is 14.9. The summed E-state index contributed by atoms with van der Waals surface area (Å²) >= 11 is 1.91. The predicted octanol–water partition coefficient (Wildman–Crippen LogP) is 2.53. The van der Waals surface area contributed by atoms with Gasteiger partial charge in [0.05, 0.1) is 12.3 Å². The van der Waals surface area contributed by atoms with Crippen LogP contribution in [0.3, 0.4) is 0 Å². The Hall–Kier alpha value is -1.01. The van der Waals surface area contributed by atoms with Crippen molar-refractivity contribution in [3.05, 3.63) is 17.5 Å². The minimum Gasteiger partial charge on any atom is -0.380 e. The maximum Gasteiger partial charge on any atom is 0.292 e. The Balaban J connectivity index is 1.75. The number of amides is 1. The van der Waals surface area contributed by atoms with E-state index in [0.717, 1.165) is 44.0 Å².